The summed E-state index contributed by atoms with van der Waals surface area (Å²) in [6.07, 6.45) is 2.09. The molecular weight excluding hydrogens is 288 g/mol. The normalized spacial score (nSPS) is 22.4. The molecule has 1 fully saturated rings. The van der Waals surface area contributed by atoms with Crippen LogP contribution in [0.25, 0.3) is 0 Å². The first-order valence-electron chi connectivity index (χ1n) is 8.61. The van der Waals surface area contributed by atoms with Crippen LogP contribution >= 0.6 is 0 Å². The van der Waals surface area contributed by atoms with Crippen molar-refractivity contribution in [3.63, 3.8) is 0 Å². The van der Waals surface area contributed by atoms with Gasteiger partial charge in [0.2, 0.25) is 0 Å². The van der Waals surface area contributed by atoms with E-state index in [2.05, 4.69) is 42.2 Å². The SMILES string of the molecule is CCOC1(OCC)CCN([C@H](C)c2ccccc2)[C@H](CC#N)C1. The van der Waals surface area contributed by atoms with Crippen molar-refractivity contribution < 1.29 is 9.47 Å². The number of ether oxygens (including phenoxy) is 2. The maximum absolute atomic E-state index is 9.26. The van der Waals surface area contributed by atoms with E-state index in [1.165, 1.54) is 5.56 Å². The molecule has 0 aromatic heterocycles. The molecular formula is C19H28N2O2. The Balaban J connectivity index is 2.17. The zero-order chi connectivity index (χ0) is 16.7. The van der Waals surface area contributed by atoms with Crippen LogP contribution in [0.5, 0.6) is 0 Å². The van der Waals surface area contributed by atoms with E-state index in [0.717, 1.165) is 19.4 Å². The Bertz CT molecular complexity index is 506. The van der Waals surface area contributed by atoms with Crippen LogP contribution < -0.4 is 0 Å². The second kappa shape index (κ2) is 8.44. The summed E-state index contributed by atoms with van der Waals surface area (Å²) in [6.45, 7) is 8.36. The van der Waals surface area contributed by atoms with Gasteiger partial charge in [-0.25, -0.2) is 0 Å². The average molecular weight is 316 g/mol. The topological polar surface area (TPSA) is 45.5 Å². The minimum Gasteiger partial charge on any atom is -0.350 e. The van der Waals surface area contributed by atoms with Crippen LogP contribution in [0.15, 0.2) is 30.3 Å². The van der Waals surface area contributed by atoms with E-state index >= 15 is 0 Å². The van der Waals surface area contributed by atoms with Gasteiger partial charge < -0.3 is 9.47 Å². The molecule has 4 heteroatoms. The van der Waals surface area contributed by atoms with Gasteiger partial charge in [0.05, 0.1) is 12.5 Å². The molecule has 1 aliphatic rings. The van der Waals surface area contributed by atoms with Crippen molar-refractivity contribution in [2.75, 3.05) is 19.8 Å². The van der Waals surface area contributed by atoms with Gasteiger partial charge in [-0.3, -0.25) is 4.90 Å². The van der Waals surface area contributed by atoms with Gasteiger partial charge >= 0.3 is 0 Å². The largest absolute Gasteiger partial charge is 0.350 e. The van der Waals surface area contributed by atoms with Crippen molar-refractivity contribution in [1.82, 2.24) is 4.90 Å². The number of nitriles is 1. The molecule has 0 bridgehead atoms. The third-order valence-corrected chi connectivity index (χ3v) is 4.69. The highest BCUT2D eigenvalue weighted by atomic mass is 16.7. The predicted octanol–water partition coefficient (Wildman–Crippen LogP) is 3.89. The molecule has 2 rings (SSSR count). The van der Waals surface area contributed by atoms with E-state index in [4.69, 9.17) is 9.47 Å². The van der Waals surface area contributed by atoms with Gasteiger partial charge in [-0.2, -0.15) is 5.26 Å². The monoisotopic (exact) mass is 316 g/mol. The second-order valence-corrected chi connectivity index (χ2v) is 6.07. The molecule has 1 heterocycles. The van der Waals surface area contributed by atoms with Crippen LogP contribution in [0.2, 0.25) is 0 Å². The van der Waals surface area contributed by atoms with Crippen LogP contribution in [0.3, 0.4) is 0 Å². The molecule has 2 atom stereocenters. The predicted molar refractivity (Wildman–Crippen MR) is 90.8 cm³/mol. The molecule has 23 heavy (non-hydrogen) atoms. The number of nitrogens with zero attached hydrogens (tertiary/aromatic N) is 2. The number of likely N-dealkylation sites (tertiary alicyclic amines) is 1. The fourth-order valence-corrected chi connectivity index (χ4v) is 3.62. The summed E-state index contributed by atoms with van der Waals surface area (Å²) in [4.78, 5) is 2.43. The van der Waals surface area contributed by atoms with Gasteiger partial charge in [-0.05, 0) is 26.3 Å². The minimum atomic E-state index is -0.530. The summed E-state index contributed by atoms with van der Waals surface area (Å²) in [6, 6.07) is 13.3. The fourth-order valence-electron chi connectivity index (χ4n) is 3.62. The van der Waals surface area contributed by atoms with Gasteiger partial charge in [-0.15, -0.1) is 0 Å². The molecule has 1 saturated heterocycles. The Morgan fingerprint density at radius 1 is 1.26 bits per heavy atom. The van der Waals surface area contributed by atoms with Gasteiger partial charge in [-0.1, -0.05) is 30.3 Å². The molecule has 126 valence electrons. The Morgan fingerprint density at radius 3 is 2.48 bits per heavy atom. The van der Waals surface area contributed by atoms with E-state index in [1.54, 1.807) is 0 Å². The number of piperidine rings is 1. The zero-order valence-electron chi connectivity index (χ0n) is 14.5. The van der Waals surface area contributed by atoms with Crippen molar-refractivity contribution in [2.45, 2.75) is 57.9 Å². The first kappa shape index (κ1) is 17.9. The van der Waals surface area contributed by atoms with Crippen LogP contribution in [0, 0.1) is 11.3 Å². The molecule has 0 N–H and O–H groups in total. The van der Waals surface area contributed by atoms with E-state index in [9.17, 15) is 5.26 Å². The van der Waals surface area contributed by atoms with E-state index in [-0.39, 0.29) is 12.1 Å². The third-order valence-electron chi connectivity index (χ3n) is 4.69. The lowest BCUT2D eigenvalue weighted by Gasteiger charge is -2.47. The molecule has 0 unspecified atom stereocenters. The van der Waals surface area contributed by atoms with Crippen molar-refractivity contribution in [2.24, 2.45) is 0 Å². The third kappa shape index (κ3) is 4.32. The number of hydrogen-bond donors (Lipinski definition) is 0. The highest BCUT2D eigenvalue weighted by Gasteiger charge is 2.42. The molecule has 1 aromatic rings. The molecule has 1 aliphatic heterocycles. The van der Waals surface area contributed by atoms with Gasteiger partial charge in [0, 0.05) is 44.7 Å². The Hall–Kier alpha value is -1.41. The van der Waals surface area contributed by atoms with E-state index < -0.39 is 5.79 Å². The van der Waals surface area contributed by atoms with E-state index in [0.29, 0.717) is 19.6 Å². The summed E-state index contributed by atoms with van der Waals surface area (Å²) < 4.78 is 11.9. The molecule has 0 aliphatic carbocycles. The number of hydrogen-bond acceptors (Lipinski definition) is 4. The van der Waals surface area contributed by atoms with Gasteiger partial charge in [0.25, 0.3) is 0 Å². The Labute approximate surface area is 140 Å². The Kier molecular flexibility index (Phi) is 6.59. The fraction of sp³-hybridized carbons (Fsp3) is 0.632. The number of benzene rings is 1. The van der Waals surface area contributed by atoms with Crippen LogP contribution in [-0.2, 0) is 9.47 Å². The van der Waals surface area contributed by atoms with Crippen molar-refractivity contribution >= 4 is 0 Å². The highest BCUT2D eigenvalue weighted by molar-refractivity contribution is 5.19. The molecule has 0 spiro atoms. The van der Waals surface area contributed by atoms with Crippen molar-refractivity contribution in [1.29, 1.82) is 5.26 Å². The van der Waals surface area contributed by atoms with Crippen molar-refractivity contribution in [3.05, 3.63) is 35.9 Å². The summed E-state index contributed by atoms with van der Waals surface area (Å²) >= 11 is 0. The molecule has 4 nitrogen and oxygen atoms in total. The van der Waals surface area contributed by atoms with Gasteiger partial charge in [0.15, 0.2) is 5.79 Å². The summed E-state index contributed by atoms with van der Waals surface area (Å²) in [5, 5.41) is 9.26. The quantitative estimate of drug-likeness (QED) is 0.716. The van der Waals surface area contributed by atoms with Crippen LogP contribution in [0.4, 0.5) is 0 Å². The smallest absolute Gasteiger partial charge is 0.170 e. The maximum Gasteiger partial charge on any atom is 0.170 e. The maximum atomic E-state index is 9.26. The van der Waals surface area contributed by atoms with E-state index in [1.807, 2.05) is 19.9 Å². The first-order chi connectivity index (χ1) is 11.2. The highest BCUT2D eigenvalue weighted by Crippen LogP contribution is 2.37. The Morgan fingerprint density at radius 2 is 1.91 bits per heavy atom. The zero-order valence-corrected chi connectivity index (χ0v) is 14.5. The molecule has 0 saturated carbocycles. The molecule has 0 amide bonds. The summed E-state index contributed by atoms with van der Waals surface area (Å²) in [7, 11) is 0. The summed E-state index contributed by atoms with van der Waals surface area (Å²) in [5.74, 6) is -0.530. The first-order valence-corrected chi connectivity index (χ1v) is 8.61. The molecule has 1 aromatic carbocycles. The molecule has 0 radical (unpaired) electrons. The minimum absolute atomic E-state index is 0.155. The number of rotatable bonds is 7. The van der Waals surface area contributed by atoms with Crippen LogP contribution in [-0.4, -0.2) is 36.5 Å². The second-order valence-electron chi connectivity index (χ2n) is 6.07. The average Bonchev–Trinajstić information content (AvgIpc) is 2.56. The standard InChI is InChI=1S/C19H28N2O2/c1-4-22-19(23-5-2)12-14-21(18(15-19)11-13-20)16(3)17-9-7-6-8-10-17/h6-10,16,18H,4-5,11-12,14-15H2,1-3H3/t16-,18-/m1/s1. The lowest BCUT2D eigenvalue weighted by molar-refractivity contribution is -0.262. The summed E-state index contributed by atoms with van der Waals surface area (Å²) in [5.41, 5.74) is 1.29. The van der Waals surface area contributed by atoms with Crippen LogP contribution in [0.1, 0.15) is 51.6 Å². The van der Waals surface area contributed by atoms with Gasteiger partial charge in [0.1, 0.15) is 0 Å². The lowest BCUT2D eigenvalue weighted by atomic mass is 9.91. The van der Waals surface area contributed by atoms with Crippen molar-refractivity contribution in [3.8, 4) is 6.07 Å². The lowest BCUT2D eigenvalue weighted by Crippen LogP contribution is -2.53.